The van der Waals surface area contributed by atoms with Gasteiger partial charge >= 0.3 is 0 Å². The molecule has 6 heavy (non-hydrogen) atoms. The minimum Gasteiger partial charge on any atom is -0.373 e. The van der Waals surface area contributed by atoms with Gasteiger partial charge in [-0.15, -0.1) is 0 Å². The van der Waals surface area contributed by atoms with E-state index in [1.807, 2.05) is 0 Å². The second-order valence-corrected chi connectivity index (χ2v) is 0.282. The number of rotatable bonds is 0. The van der Waals surface area contributed by atoms with Gasteiger partial charge in [0.05, 0.1) is 0 Å². The predicted molar refractivity (Wildman–Crippen MR) is 22.3 cm³/mol. The zero-order valence-electron chi connectivity index (χ0n) is 3.07. The molecule has 0 bridgehead atoms. The average Bonchev–Trinajstić information content (AvgIpc) is 1.39. The molecule has 0 atom stereocenters. The second-order valence-electron chi connectivity index (χ2n) is 0.282. The Morgan fingerprint density at radius 1 is 1.67 bits per heavy atom. The topological polar surface area (TPSA) is 110 Å². The Bertz CT molecular complexity index is 49.0. The molecule has 0 heterocycles. The van der Waals surface area contributed by atoms with Crippen LogP contribution in [0.4, 0.5) is 0 Å². The van der Waals surface area contributed by atoms with Crippen LogP contribution in [0.25, 0.3) is 16.0 Å². The van der Waals surface area contributed by atoms with Crippen molar-refractivity contribution in [1.29, 1.82) is 0 Å². The van der Waals surface area contributed by atoms with Gasteiger partial charge in [-0.25, -0.2) is 0 Å². The maximum absolute atomic E-state index is 6.75. The Labute approximate surface area is 34.7 Å². The molecule has 0 amide bonds. The van der Waals surface area contributed by atoms with Crippen molar-refractivity contribution in [3.05, 3.63) is 16.0 Å². The van der Waals surface area contributed by atoms with E-state index in [1.54, 1.807) is 0 Å². The van der Waals surface area contributed by atoms with E-state index in [0.717, 1.165) is 6.34 Å². The Hall–Kier alpha value is -1.22. The molecule has 0 rings (SSSR count). The molecule has 0 fully saturated rings. The average molecular weight is 87.1 g/mol. The molecule has 0 saturated carbocycles. The fraction of sp³-hybridized carbons (Fsp3) is 0. The zero-order chi connectivity index (χ0) is 5.41. The van der Waals surface area contributed by atoms with Crippen molar-refractivity contribution in [2.45, 2.75) is 0 Å². The van der Waals surface area contributed by atoms with Crippen molar-refractivity contribution in [2.24, 2.45) is 5.73 Å². The molecule has 0 spiro atoms. The lowest BCUT2D eigenvalue weighted by Gasteiger charge is -1.31. The minimum atomic E-state index is 1.00. The highest BCUT2D eigenvalue weighted by Crippen LogP contribution is 1.29. The van der Waals surface area contributed by atoms with Crippen LogP contribution in [-0.2, 0) is 0 Å². The van der Waals surface area contributed by atoms with Crippen molar-refractivity contribution in [1.82, 2.24) is 0 Å². The smallest absolute Gasteiger partial charge is 0.225 e. The Balaban J connectivity index is 0. The van der Waals surface area contributed by atoms with Gasteiger partial charge in [0.2, 0.25) is 6.34 Å². The molecule has 0 aliphatic heterocycles. The maximum atomic E-state index is 6.75. The summed E-state index contributed by atoms with van der Waals surface area (Å²) in [6.45, 7) is 0. The largest absolute Gasteiger partial charge is 0.373 e. The van der Waals surface area contributed by atoms with Crippen LogP contribution in [0.1, 0.15) is 0 Å². The summed E-state index contributed by atoms with van der Waals surface area (Å²) in [6, 6.07) is 0. The van der Waals surface area contributed by atoms with Gasteiger partial charge in [-0.1, -0.05) is 0 Å². The van der Waals surface area contributed by atoms with E-state index in [9.17, 15) is 0 Å². The van der Waals surface area contributed by atoms with Crippen LogP contribution < -0.4 is 11.1 Å². The fourth-order valence-electron chi connectivity index (χ4n) is 0. The third kappa shape index (κ3) is 5.92. The van der Waals surface area contributed by atoms with E-state index in [-0.39, 0.29) is 0 Å². The summed E-state index contributed by atoms with van der Waals surface area (Å²) in [4.78, 5) is 1.50. The highest BCUT2D eigenvalue weighted by molar-refractivity contribution is 5.42. The quantitative estimate of drug-likeness (QED) is 0.122. The summed E-state index contributed by atoms with van der Waals surface area (Å²) in [5.41, 5.74) is 18.0. The molecule has 5 heteroatoms. The van der Waals surface area contributed by atoms with Crippen molar-refractivity contribution in [3.63, 3.8) is 0 Å². The lowest BCUT2D eigenvalue weighted by molar-refractivity contribution is -0.106. The van der Waals surface area contributed by atoms with Crippen LogP contribution in [-0.4, -0.2) is 6.34 Å². The van der Waals surface area contributed by atoms with Crippen LogP contribution in [0.3, 0.4) is 0 Å². The summed E-state index contributed by atoms with van der Waals surface area (Å²) in [7, 11) is 0. The Kier molecular flexibility index (Phi) is 70.7. The summed E-state index contributed by atoms with van der Waals surface area (Å²) in [5, 5.41) is 4.50. The van der Waals surface area contributed by atoms with Gasteiger partial charge in [0.25, 0.3) is 0 Å². The predicted octanol–water partition coefficient (Wildman–Crippen LogP) is -1.40. The minimum absolute atomic E-state index is 1.00. The third-order valence-electron chi connectivity index (χ3n) is 0. The van der Waals surface area contributed by atoms with Gasteiger partial charge in [0, 0.05) is 0 Å². The van der Waals surface area contributed by atoms with Gasteiger partial charge in [-0.3, -0.25) is 16.1 Å². The van der Waals surface area contributed by atoms with Crippen LogP contribution in [0.5, 0.6) is 0 Å². The summed E-state index contributed by atoms with van der Waals surface area (Å²) >= 11 is 0. The highest BCUT2D eigenvalue weighted by Gasteiger charge is 1.22. The van der Waals surface area contributed by atoms with Crippen LogP contribution >= 0.6 is 0 Å². The van der Waals surface area contributed by atoms with Crippen LogP contribution in [0, 0.1) is 0 Å². The molecule has 0 aliphatic carbocycles. The van der Waals surface area contributed by atoms with Crippen LogP contribution in [0.2, 0.25) is 0 Å². The van der Waals surface area contributed by atoms with Gasteiger partial charge in [-0.05, 0) is 0 Å². The molecular formula is CH5N5. The molecule has 0 aromatic carbocycles. The molecule has 34 valence electrons. The molecule has 5 nitrogen and oxygen atoms in total. The van der Waals surface area contributed by atoms with Crippen molar-refractivity contribution in [3.8, 4) is 0 Å². The first-order valence-corrected chi connectivity index (χ1v) is 1.07. The first-order valence-electron chi connectivity index (χ1n) is 1.07. The first kappa shape index (κ1) is 8.84. The van der Waals surface area contributed by atoms with E-state index < -0.39 is 0 Å². The Morgan fingerprint density at radius 3 is 1.67 bits per heavy atom. The van der Waals surface area contributed by atoms with Gasteiger partial charge < -0.3 is 11.1 Å². The van der Waals surface area contributed by atoms with Gasteiger partial charge in [0.15, 0.2) is 0 Å². The van der Waals surface area contributed by atoms with E-state index in [1.165, 1.54) is 4.91 Å². The second kappa shape index (κ2) is 48.0. The third-order valence-corrected chi connectivity index (χ3v) is 0. The lowest BCUT2D eigenvalue weighted by Crippen LogP contribution is -2.33. The van der Waals surface area contributed by atoms with Crippen molar-refractivity contribution < 1.29 is 5.41 Å². The summed E-state index contributed by atoms with van der Waals surface area (Å²) in [5.74, 6) is 0. The van der Waals surface area contributed by atoms with E-state index >= 15 is 0 Å². The maximum Gasteiger partial charge on any atom is 0.225 e. The number of nitrogens with zero attached hydrogens (tertiary/aromatic N) is 3. The summed E-state index contributed by atoms with van der Waals surface area (Å²) < 4.78 is 0. The van der Waals surface area contributed by atoms with Crippen molar-refractivity contribution >= 4 is 6.34 Å². The molecule has 0 unspecified atom stereocenters. The number of nitrogens with two attached hydrogens (primary N) is 2. The van der Waals surface area contributed by atoms with E-state index in [2.05, 4.69) is 11.1 Å². The zero-order valence-corrected chi connectivity index (χ0v) is 3.07. The molecule has 4 N–H and O–H groups in total. The van der Waals surface area contributed by atoms with Crippen molar-refractivity contribution in [2.75, 3.05) is 0 Å². The molecular weight excluding hydrogens is 82.0 g/mol. The van der Waals surface area contributed by atoms with E-state index in [4.69, 9.17) is 11.1 Å². The lowest BCUT2D eigenvalue weighted by atomic mass is 11.4. The fourth-order valence-corrected chi connectivity index (χ4v) is 0. The molecule has 0 saturated heterocycles. The Morgan fingerprint density at radius 2 is 1.67 bits per heavy atom. The standard InChI is InChI=1S/CH4N2.N3/c2-1-3;1-3-2/h1H,(H3,2,3);/q;-1/p+1. The number of hydrogen-bond acceptors (Lipinski definition) is 0. The summed E-state index contributed by atoms with van der Waals surface area (Å²) in [6.07, 6.45) is 1.00. The monoisotopic (exact) mass is 87.1 g/mol. The van der Waals surface area contributed by atoms with E-state index in [0.29, 0.717) is 0 Å². The molecule has 0 aromatic rings. The van der Waals surface area contributed by atoms with Crippen LogP contribution in [0.15, 0.2) is 0 Å². The first-order chi connectivity index (χ1) is 2.83. The SMILES string of the molecule is NC=[NH2+].[N-]=[N+]=[N-]. The molecule has 0 radical (unpaired) electrons. The molecule has 0 aliphatic rings. The number of hydrogen-bond donors (Lipinski definition) is 2. The van der Waals surface area contributed by atoms with Gasteiger partial charge in [-0.2, -0.15) is 0 Å². The normalized spacial score (nSPS) is 3.33. The highest BCUT2D eigenvalue weighted by atomic mass is 15.0. The van der Waals surface area contributed by atoms with Gasteiger partial charge in [0.1, 0.15) is 0 Å². The molecule has 0 aromatic heterocycles.